The number of rotatable bonds is 6. The fourth-order valence-electron chi connectivity index (χ4n) is 9.40. The van der Waals surface area contributed by atoms with Gasteiger partial charge in [-0.05, 0) is 131 Å². The van der Waals surface area contributed by atoms with Crippen LogP contribution in [0.3, 0.4) is 0 Å². The first kappa shape index (κ1) is 34.5. The molecule has 0 spiro atoms. The van der Waals surface area contributed by atoms with E-state index in [1.165, 1.54) is 96.6 Å². The van der Waals surface area contributed by atoms with Crippen LogP contribution in [0.4, 0.5) is 17.1 Å². The van der Waals surface area contributed by atoms with Crippen molar-refractivity contribution in [1.29, 1.82) is 0 Å². The third kappa shape index (κ3) is 5.68. The lowest BCUT2D eigenvalue weighted by Gasteiger charge is -2.27. The summed E-state index contributed by atoms with van der Waals surface area (Å²) >= 11 is 1.88. The Labute approximate surface area is 352 Å². The van der Waals surface area contributed by atoms with Gasteiger partial charge in [0.25, 0.3) is 0 Å². The molecule has 0 bridgehead atoms. The van der Waals surface area contributed by atoms with E-state index in [0.717, 1.165) is 17.1 Å². The molecule has 280 valence electrons. The first-order valence-electron chi connectivity index (χ1n) is 20.6. The summed E-state index contributed by atoms with van der Waals surface area (Å²) in [5, 5.41) is 12.8. The van der Waals surface area contributed by atoms with Crippen LogP contribution in [0.1, 0.15) is 0 Å². The van der Waals surface area contributed by atoms with Gasteiger partial charge < -0.3 is 4.90 Å². The van der Waals surface area contributed by atoms with Gasteiger partial charge in [0.05, 0.1) is 0 Å². The summed E-state index contributed by atoms with van der Waals surface area (Å²) in [6.45, 7) is 0. The second-order valence-corrected chi connectivity index (χ2v) is 16.7. The van der Waals surface area contributed by atoms with Gasteiger partial charge in [-0.2, -0.15) is 0 Å². The highest BCUT2D eigenvalue weighted by Crippen LogP contribution is 2.44. The lowest BCUT2D eigenvalue weighted by molar-refractivity contribution is 1.28. The first-order chi connectivity index (χ1) is 29.7. The minimum absolute atomic E-state index is 1.10. The first-order valence-corrected chi connectivity index (χ1v) is 21.4. The number of fused-ring (bicyclic) bond motifs is 9. The summed E-state index contributed by atoms with van der Waals surface area (Å²) in [4.78, 5) is 2.40. The third-order valence-corrected chi connectivity index (χ3v) is 13.4. The molecule has 60 heavy (non-hydrogen) atoms. The van der Waals surface area contributed by atoms with Crippen LogP contribution in [0.5, 0.6) is 0 Å². The molecule has 0 aliphatic carbocycles. The largest absolute Gasteiger partial charge is 0.310 e. The van der Waals surface area contributed by atoms with E-state index in [2.05, 4.69) is 229 Å². The highest BCUT2D eigenvalue weighted by Gasteiger charge is 2.18. The summed E-state index contributed by atoms with van der Waals surface area (Å²) in [6, 6.07) is 82.5. The summed E-state index contributed by atoms with van der Waals surface area (Å²) < 4.78 is 2.65. The van der Waals surface area contributed by atoms with E-state index < -0.39 is 0 Å². The molecule has 0 aliphatic heterocycles. The maximum absolute atomic E-state index is 2.40. The number of benzene rings is 11. The van der Waals surface area contributed by atoms with Crippen LogP contribution in [0.2, 0.25) is 0 Å². The van der Waals surface area contributed by atoms with Crippen molar-refractivity contribution in [3.05, 3.63) is 224 Å². The van der Waals surface area contributed by atoms with E-state index in [4.69, 9.17) is 0 Å². The van der Waals surface area contributed by atoms with Crippen molar-refractivity contribution in [2.45, 2.75) is 0 Å². The summed E-state index contributed by atoms with van der Waals surface area (Å²) in [7, 11) is 0. The van der Waals surface area contributed by atoms with Crippen molar-refractivity contribution in [3.63, 3.8) is 0 Å². The van der Waals surface area contributed by atoms with E-state index in [1.54, 1.807) is 0 Å². The molecule has 1 aromatic heterocycles. The van der Waals surface area contributed by atoms with E-state index in [-0.39, 0.29) is 0 Å². The predicted molar refractivity (Wildman–Crippen MR) is 260 cm³/mol. The van der Waals surface area contributed by atoms with Gasteiger partial charge >= 0.3 is 0 Å². The van der Waals surface area contributed by atoms with Gasteiger partial charge in [0.15, 0.2) is 0 Å². The second-order valence-electron chi connectivity index (χ2n) is 15.6. The van der Waals surface area contributed by atoms with E-state index in [0.29, 0.717) is 0 Å². The van der Waals surface area contributed by atoms with Gasteiger partial charge in [-0.25, -0.2) is 0 Å². The molecule has 0 radical (unpaired) electrons. The number of anilines is 3. The SMILES string of the molecule is c1cc(-c2cc3ccccc3c3ccccc23)cc(N(c2ccc(-c3cc4ccccc4c4ccccc34)cc2)c2ccc(-c3cccc4c3sc3ccccc34)cc2)c1. The molecule has 0 amide bonds. The molecule has 0 saturated carbocycles. The van der Waals surface area contributed by atoms with Crippen LogP contribution < -0.4 is 4.90 Å². The van der Waals surface area contributed by atoms with Crippen molar-refractivity contribution < 1.29 is 0 Å². The molecule has 0 saturated heterocycles. The molecule has 0 N–H and O–H groups in total. The monoisotopic (exact) mass is 779 g/mol. The Morgan fingerprint density at radius 3 is 1.35 bits per heavy atom. The molecular formula is C58H37NS. The van der Waals surface area contributed by atoms with Crippen molar-refractivity contribution in [2.24, 2.45) is 0 Å². The standard InChI is InChI=1S/C58H37NS/c1-3-17-46-41(13-1)36-55(51-21-7-5-19-49(46)51)39-29-33-44(34-30-39)59(43-31-27-38(28-32-43)48-24-12-25-54-53-23-9-10-26-57(53)60-58(48)54)45-16-11-15-40(35-45)56-37-42-14-2-4-18-47(42)50-20-6-8-22-52(50)56/h1-37H. The Morgan fingerprint density at radius 2 is 0.733 bits per heavy atom. The number of thiophene rings is 1. The molecule has 12 aromatic rings. The van der Waals surface area contributed by atoms with Gasteiger partial charge in [0, 0.05) is 37.2 Å². The zero-order valence-corrected chi connectivity index (χ0v) is 33.5. The van der Waals surface area contributed by atoms with Crippen molar-refractivity contribution in [2.75, 3.05) is 4.90 Å². The molecule has 0 unspecified atom stereocenters. The molecule has 0 aliphatic rings. The summed E-state index contributed by atoms with van der Waals surface area (Å²) in [5.74, 6) is 0. The minimum atomic E-state index is 1.10. The summed E-state index contributed by atoms with van der Waals surface area (Å²) in [5.41, 5.74) is 10.7. The lowest BCUT2D eigenvalue weighted by Crippen LogP contribution is -2.10. The van der Waals surface area contributed by atoms with Gasteiger partial charge in [0.2, 0.25) is 0 Å². The van der Waals surface area contributed by atoms with Gasteiger partial charge in [-0.15, -0.1) is 11.3 Å². The lowest BCUT2D eigenvalue weighted by atomic mass is 9.93. The van der Waals surface area contributed by atoms with Crippen molar-refractivity contribution >= 4 is 91.7 Å². The molecular weight excluding hydrogens is 743 g/mol. The molecule has 12 rings (SSSR count). The Balaban J connectivity index is 1.01. The van der Waals surface area contributed by atoms with Crippen molar-refractivity contribution in [1.82, 2.24) is 0 Å². The van der Waals surface area contributed by atoms with Crippen LogP contribution in [0.25, 0.3) is 96.6 Å². The van der Waals surface area contributed by atoms with E-state index >= 15 is 0 Å². The smallest absolute Gasteiger partial charge is 0.0467 e. The fourth-order valence-corrected chi connectivity index (χ4v) is 10.6. The number of hydrogen-bond donors (Lipinski definition) is 0. The number of hydrogen-bond acceptors (Lipinski definition) is 2. The molecule has 2 heteroatoms. The van der Waals surface area contributed by atoms with Crippen LogP contribution in [0, 0.1) is 0 Å². The number of nitrogens with zero attached hydrogens (tertiary/aromatic N) is 1. The Morgan fingerprint density at radius 1 is 0.267 bits per heavy atom. The minimum Gasteiger partial charge on any atom is -0.310 e. The Kier molecular flexibility index (Phi) is 8.11. The second kappa shape index (κ2) is 14.1. The summed E-state index contributed by atoms with van der Waals surface area (Å²) in [6.07, 6.45) is 0. The van der Waals surface area contributed by atoms with Crippen LogP contribution in [-0.2, 0) is 0 Å². The van der Waals surface area contributed by atoms with E-state index in [1.807, 2.05) is 11.3 Å². The molecule has 1 nitrogen and oxygen atoms in total. The van der Waals surface area contributed by atoms with Crippen molar-refractivity contribution in [3.8, 4) is 33.4 Å². The van der Waals surface area contributed by atoms with Gasteiger partial charge in [-0.1, -0.05) is 170 Å². The highest BCUT2D eigenvalue weighted by atomic mass is 32.1. The molecule has 11 aromatic carbocycles. The molecule has 0 fully saturated rings. The van der Waals surface area contributed by atoms with E-state index in [9.17, 15) is 0 Å². The predicted octanol–water partition coefficient (Wildman–Crippen LogP) is 17.1. The molecule has 1 heterocycles. The highest BCUT2D eigenvalue weighted by molar-refractivity contribution is 7.26. The average molecular weight is 780 g/mol. The normalized spacial score (nSPS) is 11.7. The maximum Gasteiger partial charge on any atom is 0.0467 e. The van der Waals surface area contributed by atoms with Gasteiger partial charge in [-0.3, -0.25) is 0 Å². The fraction of sp³-hybridized carbons (Fsp3) is 0. The average Bonchev–Trinajstić information content (AvgIpc) is 3.71. The Bertz CT molecular complexity index is 3600. The Hall–Kier alpha value is -7.52. The topological polar surface area (TPSA) is 3.24 Å². The molecule has 0 atom stereocenters. The van der Waals surface area contributed by atoms with Crippen LogP contribution in [0.15, 0.2) is 224 Å². The maximum atomic E-state index is 2.40. The third-order valence-electron chi connectivity index (χ3n) is 12.2. The zero-order valence-electron chi connectivity index (χ0n) is 32.7. The quantitative estimate of drug-likeness (QED) is 0.152. The van der Waals surface area contributed by atoms with Gasteiger partial charge in [0.1, 0.15) is 0 Å². The van der Waals surface area contributed by atoms with Crippen LogP contribution in [-0.4, -0.2) is 0 Å². The zero-order chi connectivity index (χ0) is 39.6. The van der Waals surface area contributed by atoms with Crippen LogP contribution >= 0.6 is 11.3 Å².